The molecule has 4 aliphatic carbocycles. The fourth-order valence-electron chi connectivity index (χ4n) is 4.86. The van der Waals surface area contributed by atoms with Crippen LogP contribution in [0.5, 0.6) is 0 Å². The molecule has 0 radical (unpaired) electrons. The molecule has 4 aliphatic rings. The van der Waals surface area contributed by atoms with Crippen molar-refractivity contribution in [3.8, 4) is 0 Å². The average Bonchev–Trinajstić information content (AvgIpc) is 2.41. The lowest BCUT2D eigenvalue weighted by Gasteiger charge is -2.56. The largest absolute Gasteiger partial charge is 0.460 e. The average molecular weight is 324 g/mol. The highest BCUT2D eigenvalue weighted by Crippen LogP contribution is 2.60. The van der Waals surface area contributed by atoms with Crippen LogP contribution in [0.4, 0.5) is 8.78 Å². The number of ether oxygens (including phenoxy) is 1. The normalized spacial score (nSPS) is 37.8. The molecule has 0 amide bonds. The van der Waals surface area contributed by atoms with Crippen LogP contribution in [0.3, 0.4) is 0 Å². The van der Waals surface area contributed by atoms with E-state index in [0.717, 1.165) is 19.3 Å². The van der Waals surface area contributed by atoms with E-state index in [-0.39, 0.29) is 12.0 Å². The van der Waals surface area contributed by atoms with Gasteiger partial charge in [0.1, 0.15) is 12.0 Å². The maximum atomic E-state index is 13.3. The van der Waals surface area contributed by atoms with Crippen LogP contribution in [0.15, 0.2) is 0 Å². The Morgan fingerprint density at radius 1 is 1.19 bits per heavy atom. The summed E-state index contributed by atoms with van der Waals surface area (Å²) in [5.74, 6) is 0.336. The van der Waals surface area contributed by atoms with Crippen LogP contribution in [-0.4, -0.2) is 23.1 Å². The van der Waals surface area contributed by atoms with Crippen molar-refractivity contribution < 1.29 is 32.9 Å². The molecule has 4 bridgehead atoms. The van der Waals surface area contributed by atoms with Gasteiger partial charge in [-0.25, -0.2) is 10.1 Å². The minimum Gasteiger partial charge on any atom is -0.460 e. The Bertz CT molecular complexity index is 382. The summed E-state index contributed by atoms with van der Waals surface area (Å²) in [7, 11) is 0. The van der Waals surface area contributed by atoms with Crippen LogP contribution in [-0.2, 0) is 18.9 Å². The number of carbonyl (C=O) groups excluding carboxylic acids is 1. The summed E-state index contributed by atoms with van der Waals surface area (Å²) in [6, 6.07) is 0. The number of carbonyl (C=O) groups is 1. The minimum atomic E-state index is -3.90. The van der Waals surface area contributed by atoms with E-state index in [0.29, 0.717) is 17.8 Å². The molecule has 0 aromatic carbocycles. The van der Waals surface area contributed by atoms with E-state index in [1.807, 2.05) is 0 Å². The van der Waals surface area contributed by atoms with E-state index in [1.165, 1.54) is 19.3 Å². The molecular formula is C13H18F2O5S. The van der Waals surface area contributed by atoms with Crippen molar-refractivity contribution in [1.82, 2.24) is 0 Å². The van der Waals surface area contributed by atoms with E-state index in [9.17, 15) is 13.6 Å². The zero-order valence-electron chi connectivity index (χ0n) is 11.4. The molecule has 4 rings (SSSR count). The van der Waals surface area contributed by atoms with Gasteiger partial charge in [-0.2, -0.15) is 8.78 Å². The minimum absolute atomic E-state index is 0.0471. The van der Waals surface area contributed by atoms with Crippen molar-refractivity contribution in [2.75, 3.05) is 6.61 Å². The number of rotatable bonds is 6. The third-order valence-electron chi connectivity index (χ3n) is 5.08. The molecule has 0 saturated heterocycles. The van der Waals surface area contributed by atoms with Crippen LogP contribution < -0.4 is 0 Å². The molecule has 1 N–H and O–H groups in total. The Morgan fingerprint density at radius 2 is 1.71 bits per heavy atom. The second kappa shape index (κ2) is 5.64. The van der Waals surface area contributed by atoms with E-state index in [1.54, 1.807) is 0 Å². The van der Waals surface area contributed by atoms with E-state index >= 15 is 0 Å². The summed E-state index contributed by atoms with van der Waals surface area (Å²) in [6.45, 7) is 0.0471. The summed E-state index contributed by atoms with van der Waals surface area (Å²) in [4.78, 5) is 11.5. The summed E-state index contributed by atoms with van der Waals surface area (Å²) >= 11 is -0.576. The van der Waals surface area contributed by atoms with Gasteiger partial charge in [0.15, 0.2) is 0 Å². The third-order valence-corrected chi connectivity index (χ3v) is 5.59. The zero-order valence-corrected chi connectivity index (χ0v) is 12.2. The Labute approximate surface area is 125 Å². The maximum absolute atomic E-state index is 13.3. The number of hydrogen-bond donors (Lipinski definition) is 1. The SMILES string of the molecule is O=C(OCC12CC3CC(CC(C3)C1)C2)C(F)(F)SOOO. The first-order valence-electron chi connectivity index (χ1n) is 7.13. The van der Waals surface area contributed by atoms with Gasteiger partial charge in [0.25, 0.3) is 0 Å². The standard InChI is InChI=1S/C13H18F2O5S/c14-13(15,21-20-19-17)11(16)18-7-12-4-8-1-9(5-12)3-10(2-8)6-12/h8-10,17H,1-7H2. The topological polar surface area (TPSA) is 65.0 Å². The van der Waals surface area contributed by atoms with Crippen LogP contribution in [0.25, 0.3) is 0 Å². The summed E-state index contributed by atoms with van der Waals surface area (Å²) in [5, 5.41) is 7.05. The number of alkyl halides is 2. The van der Waals surface area contributed by atoms with Crippen molar-refractivity contribution in [3.63, 3.8) is 0 Å². The Hall–Kier alpha value is -0.440. The van der Waals surface area contributed by atoms with Crippen molar-refractivity contribution in [2.45, 2.75) is 43.8 Å². The molecule has 0 spiro atoms. The number of halogens is 2. The lowest BCUT2D eigenvalue weighted by Crippen LogP contribution is -2.49. The first kappa shape index (κ1) is 15.5. The van der Waals surface area contributed by atoms with Crippen LogP contribution in [0, 0.1) is 23.2 Å². The molecule has 8 heteroatoms. The Balaban J connectivity index is 1.56. The van der Waals surface area contributed by atoms with Crippen LogP contribution in [0.2, 0.25) is 0 Å². The highest BCUT2D eigenvalue weighted by Gasteiger charge is 2.52. The molecule has 21 heavy (non-hydrogen) atoms. The lowest BCUT2D eigenvalue weighted by atomic mass is 9.50. The molecule has 120 valence electrons. The quantitative estimate of drug-likeness (QED) is 0.350. The fraction of sp³-hybridized carbons (Fsp3) is 0.923. The molecule has 0 aromatic rings. The van der Waals surface area contributed by atoms with Crippen molar-refractivity contribution in [2.24, 2.45) is 23.2 Å². The van der Waals surface area contributed by atoms with Gasteiger partial charge in [-0.05, 0) is 56.3 Å². The molecule has 0 aliphatic heterocycles. The molecule has 0 heterocycles. The van der Waals surface area contributed by atoms with E-state index in [4.69, 9.17) is 9.99 Å². The molecule has 4 saturated carbocycles. The highest BCUT2D eigenvalue weighted by molar-refractivity contribution is 7.96. The monoisotopic (exact) mass is 324 g/mol. The van der Waals surface area contributed by atoms with Crippen LogP contribution >= 0.6 is 12.0 Å². The highest BCUT2D eigenvalue weighted by atomic mass is 32.2. The zero-order chi connectivity index (χ0) is 15.1. The van der Waals surface area contributed by atoms with Gasteiger partial charge in [-0.1, -0.05) is 5.04 Å². The molecular weight excluding hydrogens is 306 g/mol. The smallest absolute Gasteiger partial charge is 0.415 e. The van der Waals surface area contributed by atoms with Gasteiger partial charge in [0.2, 0.25) is 0 Å². The van der Waals surface area contributed by atoms with Gasteiger partial charge in [-0.3, -0.25) is 0 Å². The molecule has 0 atom stereocenters. The Kier molecular flexibility index (Phi) is 4.15. The van der Waals surface area contributed by atoms with Gasteiger partial charge >= 0.3 is 11.2 Å². The second-order valence-corrected chi connectivity index (χ2v) is 7.55. The van der Waals surface area contributed by atoms with Gasteiger partial charge in [0.05, 0.1) is 6.61 Å². The van der Waals surface area contributed by atoms with E-state index < -0.39 is 23.3 Å². The first-order valence-corrected chi connectivity index (χ1v) is 7.87. The third kappa shape index (κ3) is 3.18. The van der Waals surface area contributed by atoms with Gasteiger partial charge in [-0.15, -0.1) is 4.33 Å². The van der Waals surface area contributed by atoms with Gasteiger partial charge < -0.3 is 4.74 Å². The lowest BCUT2D eigenvalue weighted by molar-refractivity contribution is -0.433. The van der Waals surface area contributed by atoms with Gasteiger partial charge in [0, 0.05) is 5.41 Å². The van der Waals surface area contributed by atoms with Crippen molar-refractivity contribution in [1.29, 1.82) is 0 Å². The summed E-state index contributed by atoms with van der Waals surface area (Å²) in [5.41, 5.74) is -0.112. The fourth-order valence-corrected chi connectivity index (χ4v) is 5.10. The van der Waals surface area contributed by atoms with Crippen molar-refractivity contribution in [3.05, 3.63) is 0 Å². The number of esters is 1. The Morgan fingerprint density at radius 3 is 2.19 bits per heavy atom. The second-order valence-electron chi connectivity index (χ2n) is 6.74. The molecule has 0 unspecified atom stereocenters. The molecule has 0 aromatic heterocycles. The molecule has 4 fully saturated rings. The summed E-state index contributed by atoms with van der Waals surface area (Å²) in [6.07, 6.45) is 6.63. The predicted octanol–water partition coefficient (Wildman–Crippen LogP) is 3.41. The number of hydrogen-bond acceptors (Lipinski definition) is 6. The molecule has 5 nitrogen and oxygen atoms in total. The van der Waals surface area contributed by atoms with E-state index in [2.05, 4.69) is 9.37 Å². The van der Waals surface area contributed by atoms with Crippen molar-refractivity contribution >= 4 is 18.0 Å². The summed E-state index contributed by atoms with van der Waals surface area (Å²) < 4.78 is 35.2. The maximum Gasteiger partial charge on any atom is 0.415 e. The first-order chi connectivity index (χ1) is 9.92. The van der Waals surface area contributed by atoms with Crippen LogP contribution in [0.1, 0.15) is 38.5 Å². The predicted molar refractivity (Wildman–Crippen MR) is 68.9 cm³/mol.